The zero-order valence-corrected chi connectivity index (χ0v) is 13.8. The second kappa shape index (κ2) is 9.75. The van der Waals surface area contributed by atoms with Crippen molar-refractivity contribution < 1.29 is 4.92 Å². The molecule has 0 saturated heterocycles. The lowest BCUT2D eigenvalue weighted by molar-refractivity contribution is -0.384. The average Bonchev–Trinajstić information content (AvgIpc) is 2.65. The van der Waals surface area contributed by atoms with Crippen LogP contribution in [0.1, 0.15) is 0 Å². The zero-order valence-electron chi connectivity index (χ0n) is 13.8. The van der Waals surface area contributed by atoms with Gasteiger partial charge in [-0.25, -0.2) is 0 Å². The molecule has 0 fully saturated rings. The molecule has 138 valence electrons. The summed E-state index contributed by atoms with van der Waals surface area (Å²) in [5.41, 5.74) is 14.0. The number of hydrogen-bond donors (Lipinski definition) is 5. The van der Waals surface area contributed by atoms with Crippen LogP contribution in [-0.4, -0.2) is 46.1 Å². The minimum absolute atomic E-state index is 0.0174. The topological polar surface area (TPSA) is 195 Å². The molecule has 7 N–H and O–H groups in total. The second-order valence-corrected chi connectivity index (χ2v) is 4.83. The van der Waals surface area contributed by atoms with E-state index in [9.17, 15) is 10.1 Å². The Morgan fingerprint density at radius 3 is 2.08 bits per heavy atom. The molecule has 0 amide bonds. The first-order valence-corrected chi connectivity index (χ1v) is 7.67. The standard InChI is InChI=1S/C13H19N11O2/c14-5-7-16-11-18-12(17-8-6-15)20-13(19-11)22-23-21-9-1-3-10(4-2-9)24(25)26/h1-4H,5-8,14-15H2,(H3,16,17,18,19,20,21,22). The van der Waals surface area contributed by atoms with Crippen LogP contribution in [-0.2, 0) is 0 Å². The minimum Gasteiger partial charge on any atom is -0.353 e. The number of nitro groups is 1. The lowest BCUT2D eigenvalue weighted by Gasteiger charge is -2.07. The molecule has 26 heavy (non-hydrogen) atoms. The highest BCUT2D eigenvalue weighted by Crippen LogP contribution is 2.16. The van der Waals surface area contributed by atoms with Crippen LogP contribution in [0.4, 0.5) is 29.2 Å². The average molecular weight is 361 g/mol. The fraction of sp³-hybridized carbons (Fsp3) is 0.308. The van der Waals surface area contributed by atoms with Gasteiger partial charge in [0.2, 0.25) is 11.9 Å². The van der Waals surface area contributed by atoms with E-state index < -0.39 is 4.92 Å². The van der Waals surface area contributed by atoms with E-state index in [1.54, 1.807) is 0 Å². The van der Waals surface area contributed by atoms with Crippen molar-refractivity contribution in [1.29, 1.82) is 0 Å². The Hall–Kier alpha value is -3.45. The molecule has 13 heteroatoms. The van der Waals surface area contributed by atoms with Crippen molar-refractivity contribution in [1.82, 2.24) is 15.0 Å². The molecule has 2 aromatic rings. The van der Waals surface area contributed by atoms with Gasteiger partial charge in [0, 0.05) is 38.3 Å². The van der Waals surface area contributed by atoms with Crippen molar-refractivity contribution in [2.45, 2.75) is 0 Å². The Balaban J connectivity index is 2.07. The molecule has 0 aliphatic carbocycles. The number of benzene rings is 1. The van der Waals surface area contributed by atoms with Gasteiger partial charge in [-0.15, -0.1) is 0 Å². The van der Waals surface area contributed by atoms with Gasteiger partial charge in [-0.1, -0.05) is 10.3 Å². The van der Waals surface area contributed by atoms with Crippen molar-refractivity contribution >= 4 is 29.2 Å². The number of anilines is 3. The van der Waals surface area contributed by atoms with Gasteiger partial charge in [0.25, 0.3) is 11.6 Å². The number of nitrogens with two attached hydrogens (primary N) is 2. The van der Waals surface area contributed by atoms with Crippen LogP contribution >= 0.6 is 0 Å². The van der Waals surface area contributed by atoms with Crippen LogP contribution < -0.4 is 27.5 Å². The molecule has 0 unspecified atom stereocenters. The summed E-state index contributed by atoms with van der Waals surface area (Å²) in [5.74, 6) is 0.664. The summed E-state index contributed by atoms with van der Waals surface area (Å²) in [6, 6.07) is 5.72. The third-order valence-corrected chi connectivity index (χ3v) is 2.88. The molecule has 0 saturated carbocycles. The Labute approximate surface area is 148 Å². The van der Waals surface area contributed by atoms with E-state index in [0.29, 0.717) is 43.8 Å². The monoisotopic (exact) mass is 361 g/mol. The van der Waals surface area contributed by atoms with Crippen molar-refractivity contribution in [3.05, 3.63) is 34.4 Å². The Bertz CT molecular complexity index is 724. The van der Waals surface area contributed by atoms with E-state index in [-0.39, 0.29) is 11.6 Å². The van der Waals surface area contributed by atoms with Gasteiger partial charge in [-0.2, -0.15) is 15.0 Å². The molecule has 2 rings (SSSR count). The first kappa shape index (κ1) is 18.9. The highest BCUT2D eigenvalue weighted by Gasteiger charge is 2.06. The van der Waals surface area contributed by atoms with Gasteiger partial charge in [0.05, 0.1) is 10.6 Å². The molecular weight excluding hydrogens is 342 g/mol. The molecule has 1 heterocycles. The van der Waals surface area contributed by atoms with E-state index in [2.05, 4.69) is 41.3 Å². The van der Waals surface area contributed by atoms with Gasteiger partial charge in [0.1, 0.15) is 0 Å². The summed E-state index contributed by atoms with van der Waals surface area (Å²) in [6.07, 6.45) is 0. The molecule has 0 aliphatic rings. The predicted molar refractivity (Wildman–Crippen MR) is 96.2 cm³/mol. The van der Waals surface area contributed by atoms with E-state index >= 15 is 0 Å². The number of non-ortho nitro benzene ring substituents is 1. The Morgan fingerprint density at radius 1 is 1.00 bits per heavy atom. The SMILES string of the molecule is NCCNc1nc(/N=N\Nc2ccc([N+](=O)[O-])cc2)nc(NCCN)n1. The lowest BCUT2D eigenvalue weighted by atomic mass is 10.3. The van der Waals surface area contributed by atoms with Gasteiger partial charge >= 0.3 is 0 Å². The normalized spacial score (nSPS) is 10.7. The first-order valence-electron chi connectivity index (χ1n) is 7.67. The molecule has 0 radical (unpaired) electrons. The molecule has 1 aromatic carbocycles. The lowest BCUT2D eigenvalue weighted by Crippen LogP contribution is -2.18. The third kappa shape index (κ3) is 5.88. The number of nitrogens with zero attached hydrogens (tertiary/aromatic N) is 6. The molecule has 13 nitrogen and oxygen atoms in total. The maximum Gasteiger partial charge on any atom is 0.277 e. The van der Waals surface area contributed by atoms with E-state index in [4.69, 9.17) is 11.5 Å². The highest BCUT2D eigenvalue weighted by molar-refractivity contribution is 5.48. The van der Waals surface area contributed by atoms with Crippen LogP contribution in [0.25, 0.3) is 0 Å². The summed E-state index contributed by atoms with van der Waals surface area (Å²) in [6.45, 7) is 1.79. The van der Waals surface area contributed by atoms with E-state index in [1.807, 2.05) is 0 Å². The van der Waals surface area contributed by atoms with E-state index in [0.717, 1.165) is 0 Å². The highest BCUT2D eigenvalue weighted by atomic mass is 16.6. The number of aromatic nitrogens is 3. The molecule has 0 spiro atoms. The summed E-state index contributed by atoms with van der Waals surface area (Å²) >= 11 is 0. The summed E-state index contributed by atoms with van der Waals surface area (Å²) in [7, 11) is 0. The number of hydrogen-bond acceptors (Lipinski definition) is 11. The van der Waals surface area contributed by atoms with Crippen LogP contribution in [0, 0.1) is 10.1 Å². The Morgan fingerprint density at radius 2 is 1.58 bits per heavy atom. The maximum absolute atomic E-state index is 10.6. The predicted octanol–water partition coefficient (Wildman–Crippen LogP) is 0.632. The molecule has 0 aliphatic heterocycles. The van der Waals surface area contributed by atoms with Crippen molar-refractivity contribution in [2.75, 3.05) is 42.2 Å². The van der Waals surface area contributed by atoms with Crippen molar-refractivity contribution in [3.63, 3.8) is 0 Å². The summed E-state index contributed by atoms with van der Waals surface area (Å²) in [5, 5.41) is 24.1. The van der Waals surface area contributed by atoms with E-state index in [1.165, 1.54) is 24.3 Å². The quantitative estimate of drug-likeness (QED) is 0.227. The molecule has 1 aromatic heterocycles. The first-order chi connectivity index (χ1) is 12.6. The van der Waals surface area contributed by atoms with Gasteiger partial charge in [0.15, 0.2) is 0 Å². The van der Waals surface area contributed by atoms with Crippen molar-refractivity contribution in [3.8, 4) is 0 Å². The third-order valence-electron chi connectivity index (χ3n) is 2.88. The van der Waals surface area contributed by atoms with Crippen LogP contribution in [0.2, 0.25) is 0 Å². The summed E-state index contributed by atoms with van der Waals surface area (Å²) in [4.78, 5) is 22.5. The van der Waals surface area contributed by atoms with Crippen molar-refractivity contribution in [2.24, 2.45) is 21.8 Å². The number of rotatable bonds is 10. The fourth-order valence-corrected chi connectivity index (χ4v) is 1.72. The largest absolute Gasteiger partial charge is 0.353 e. The molecule has 0 bridgehead atoms. The second-order valence-electron chi connectivity index (χ2n) is 4.83. The van der Waals surface area contributed by atoms with Gasteiger partial charge in [-0.3, -0.25) is 15.5 Å². The number of nitrogens with one attached hydrogen (secondary N) is 3. The zero-order chi connectivity index (χ0) is 18.8. The smallest absolute Gasteiger partial charge is 0.277 e. The van der Waals surface area contributed by atoms with Crippen LogP contribution in [0.15, 0.2) is 34.6 Å². The molecule has 0 atom stereocenters. The Kier molecular flexibility index (Phi) is 7.08. The minimum atomic E-state index is -0.484. The van der Waals surface area contributed by atoms with Crippen LogP contribution in [0.5, 0.6) is 0 Å². The summed E-state index contributed by atoms with van der Waals surface area (Å²) < 4.78 is 0. The van der Waals surface area contributed by atoms with Crippen LogP contribution in [0.3, 0.4) is 0 Å². The van der Waals surface area contributed by atoms with Gasteiger partial charge in [-0.05, 0) is 12.1 Å². The van der Waals surface area contributed by atoms with Gasteiger partial charge < -0.3 is 22.1 Å². The fourth-order valence-electron chi connectivity index (χ4n) is 1.72. The number of nitro benzene ring substituents is 1. The molecular formula is C13H19N11O2. The maximum atomic E-state index is 10.6.